The molecular formula is C22H35N7O. The molecule has 2 heterocycles. The maximum absolute atomic E-state index is 5.16. The fourth-order valence-electron chi connectivity index (χ4n) is 3.68. The number of aryl methyl sites for hydroxylation is 1. The lowest BCUT2D eigenvalue weighted by molar-refractivity contribution is 0.177. The average Bonchev–Trinajstić information content (AvgIpc) is 3.13. The molecule has 3 rings (SSSR count). The van der Waals surface area contributed by atoms with Gasteiger partial charge < -0.3 is 20.3 Å². The van der Waals surface area contributed by atoms with Crippen LogP contribution < -0.4 is 10.6 Å². The lowest BCUT2D eigenvalue weighted by Gasteiger charge is -2.27. The van der Waals surface area contributed by atoms with E-state index in [9.17, 15) is 0 Å². The zero-order chi connectivity index (χ0) is 21.3. The van der Waals surface area contributed by atoms with E-state index in [0.717, 1.165) is 56.5 Å². The molecule has 2 unspecified atom stereocenters. The van der Waals surface area contributed by atoms with Crippen molar-refractivity contribution in [3.63, 3.8) is 0 Å². The molecule has 1 aromatic carbocycles. The van der Waals surface area contributed by atoms with E-state index >= 15 is 0 Å². The summed E-state index contributed by atoms with van der Waals surface area (Å²) >= 11 is 0. The minimum atomic E-state index is 0.277. The Morgan fingerprint density at radius 1 is 1.33 bits per heavy atom. The van der Waals surface area contributed by atoms with Gasteiger partial charge in [0.25, 0.3) is 0 Å². The first kappa shape index (κ1) is 22.2. The van der Waals surface area contributed by atoms with Crippen LogP contribution in [0.25, 0.3) is 0 Å². The molecule has 164 valence electrons. The maximum atomic E-state index is 5.16. The highest BCUT2D eigenvalue weighted by atomic mass is 16.5. The molecular weight excluding hydrogens is 378 g/mol. The number of methoxy groups -OCH3 is 1. The number of hydrogen-bond donors (Lipinski definition) is 2. The molecule has 0 saturated carbocycles. The molecule has 8 heteroatoms. The van der Waals surface area contributed by atoms with Gasteiger partial charge in [0.05, 0.1) is 13.1 Å². The molecule has 0 radical (unpaired) electrons. The van der Waals surface area contributed by atoms with Crippen molar-refractivity contribution in [2.24, 2.45) is 4.99 Å². The van der Waals surface area contributed by atoms with Crippen molar-refractivity contribution >= 4 is 5.96 Å². The Hall–Kier alpha value is -2.45. The number of aliphatic imine (C=N–C) groups is 1. The van der Waals surface area contributed by atoms with Gasteiger partial charge in [0.1, 0.15) is 12.4 Å². The number of rotatable bonds is 9. The number of likely N-dealkylation sites (N-methyl/N-ethyl adjacent to an activating group) is 1. The number of nitrogens with zero attached hydrogens (tertiary/aromatic N) is 5. The molecule has 0 saturated heterocycles. The lowest BCUT2D eigenvalue weighted by atomic mass is 10.1. The highest BCUT2D eigenvalue weighted by Gasteiger charge is 2.22. The van der Waals surface area contributed by atoms with Crippen LogP contribution in [0.5, 0.6) is 0 Å². The van der Waals surface area contributed by atoms with E-state index in [0.29, 0.717) is 12.6 Å². The van der Waals surface area contributed by atoms with Crippen LogP contribution in [-0.2, 0) is 30.7 Å². The van der Waals surface area contributed by atoms with Crippen molar-refractivity contribution in [2.75, 3.05) is 34.3 Å². The van der Waals surface area contributed by atoms with Gasteiger partial charge in [0, 0.05) is 32.2 Å². The first-order chi connectivity index (χ1) is 14.6. The lowest BCUT2D eigenvalue weighted by Crippen LogP contribution is -2.47. The second kappa shape index (κ2) is 11.1. The molecule has 2 atom stereocenters. The Morgan fingerprint density at radius 3 is 2.83 bits per heavy atom. The molecule has 0 fully saturated rings. The monoisotopic (exact) mass is 413 g/mol. The Bertz CT molecular complexity index is 803. The molecule has 0 aliphatic carbocycles. The third kappa shape index (κ3) is 6.27. The van der Waals surface area contributed by atoms with E-state index in [1.807, 2.05) is 4.68 Å². The normalized spacial score (nSPS) is 17.6. The van der Waals surface area contributed by atoms with Crippen LogP contribution in [0.2, 0.25) is 0 Å². The van der Waals surface area contributed by atoms with E-state index < -0.39 is 0 Å². The van der Waals surface area contributed by atoms with E-state index in [1.54, 1.807) is 7.11 Å². The highest BCUT2D eigenvalue weighted by Crippen LogP contribution is 2.13. The van der Waals surface area contributed by atoms with Crippen LogP contribution in [0, 0.1) is 0 Å². The summed E-state index contributed by atoms with van der Waals surface area (Å²) in [6, 6.07) is 11.2. The average molecular weight is 414 g/mol. The first-order valence-electron chi connectivity index (χ1n) is 10.8. The molecule has 1 aliphatic heterocycles. The third-order valence-electron chi connectivity index (χ3n) is 5.37. The zero-order valence-corrected chi connectivity index (χ0v) is 18.6. The Kier molecular flexibility index (Phi) is 8.21. The van der Waals surface area contributed by atoms with Gasteiger partial charge in [-0.15, -0.1) is 0 Å². The second-order valence-corrected chi connectivity index (χ2v) is 7.97. The van der Waals surface area contributed by atoms with Crippen molar-refractivity contribution < 1.29 is 4.74 Å². The predicted octanol–water partition coefficient (Wildman–Crippen LogP) is 1.47. The topological polar surface area (TPSA) is 79.6 Å². The van der Waals surface area contributed by atoms with Gasteiger partial charge in [-0.25, -0.2) is 9.67 Å². The minimum Gasteiger partial charge on any atom is -0.377 e. The Balaban J connectivity index is 1.62. The summed E-state index contributed by atoms with van der Waals surface area (Å²) in [5, 5.41) is 11.6. The number of benzene rings is 1. The molecule has 2 aromatic rings. The SMILES string of the molecule is CCNC(=NCC(Cc1ccccc1)N(C)C)NC1CCc2nc(COC)nn2C1. The van der Waals surface area contributed by atoms with E-state index in [-0.39, 0.29) is 6.04 Å². The van der Waals surface area contributed by atoms with Gasteiger partial charge in [-0.05, 0) is 39.4 Å². The first-order valence-corrected chi connectivity index (χ1v) is 10.8. The maximum Gasteiger partial charge on any atom is 0.191 e. The van der Waals surface area contributed by atoms with Gasteiger partial charge in [-0.3, -0.25) is 4.99 Å². The van der Waals surface area contributed by atoms with Crippen molar-refractivity contribution in [1.29, 1.82) is 0 Å². The van der Waals surface area contributed by atoms with Gasteiger partial charge in [-0.1, -0.05) is 30.3 Å². The molecule has 2 N–H and O–H groups in total. The van der Waals surface area contributed by atoms with Gasteiger partial charge in [0.15, 0.2) is 11.8 Å². The van der Waals surface area contributed by atoms with Crippen LogP contribution in [0.4, 0.5) is 0 Å². The summed E-state index contributed by atoms with van der Waals surface area (Å²) in [5.74, 6) is 2.66. The van der Waals surface area contributed by atoms with E-state index in [4.69, 9.17) is 9.73 Å². The molecule has 0 amide bonds. The van der Waals surface area contributed by atoms with Crippen molar-refractivity contribution in [2.45, 2.75) is 51.4 Å². The summed E-state index contributed by atoms with van der Waals surface area (Å²) in [6.07, 6.45) is 2.89. The number of ether oxygens (including phenoxy) is 1. The van der Waals surface area contributed by atoms with Gasteiger partial charge in [-0.2, -0.15) is 5.10 Å². The number of guanidine groups is 1. The van der Waals surface area contributed by atoms with Crippen molar-refractivity contribution in [3.8, 4) is 0 Å². The Morgan fingerprint density at radius 2 is 2.13 bits per heavy atom. The molecule has 8 nitrogen and oxygen atoms in total. The minimum absolute atomic E-state index is 0.277. The summed E-state index contributed by atoms with van der Waals surface area (Å²) in [6.45, 7) is 4.90. The summed E-state index contributed by atoms with van der Waals surface area (Å²) in [7, 11) is 5.91. The second-order valence-electron chi connectivity index (χ2n) is 7.97. The number of aromatic nitrogens is 3. The number of hydrogen-bond acceptors (Lipinski definition) is 5. The molecule has 0 spiro atoms. The van der Waals surface area contributed by atoms with E-state index in [1.165, 1.54) is 5.56 Å². The van der Waals surface area contributed by atoms with Gasteiger partial charge in [0.2, 0.25) is 0 Å². The van der Waals surface area contributed by atoms with Crippen molar-refractivity contribution in [3.05, 3.63) is 47.5 Å². The largest absolute Gasteiger partial charge is 0.377 e. The molecule has 0 bridgehead atoms. The van der Waals surface area contributed by atoms with Crippen LogP contribution in [0.1, 0.15) is 30.6 Å². The molecule has 1 aromatic heterocycles. The van der Waals surface area contributed by atoms with Crippen LogP contribution in [0.3, 0.4) is 0 Å². The molecule has 30 heavy (non-hydrogen) atoms. The Labute approximate surface area is 179 Å². The molecule has 1 aliphatic rings. The van der Waals surface area contributed by atoms with Gasteiger partial charge >= 0.3 is 0 Å². The number of fused-ring (bicyclic) bond motifs is 1. The van der Waals surface area contributed by atoms with Crippen molar-refractivity contribution in [1.82, 2.24) is 30.3 Å². The highest BCUT2D eigenvalue weighted by molar-refractivity contribution is 5.80. The number of nitrogens with one attached hydrogen (secondary N) is 2. The summed E-state index contributed by atoms with van der Waals surface area (Å²) in [4.78, 5) is 11.7. The predicted molar refractivity (Wildman–Crippen MR) is 120 cm³/mol. The smallest absolute Gasteiger partial charge is 0.191 e. The van der Waals surface area contributed by atoms with Crippen LogP contribution in [0.15, 0.2) is 35.3 Å². The zero-order valence-electron chi connectivity index (χ0n) is 18.6. The fourth-order valence-corrected chi connectivity index (χ4v) is 3.68. The van der Waals surface area contributed by atoms with Crippen LogP contribution >= 0.6 is 0 Å². The summed E-state index contributed by atoms with van der Waals surface area (Å²) < 4.78 is 7.16. The third-order valence-corrected chi connectivity index (χ3v) is 5.37. The summed E-state index contributed by atoms with van der Waals surface area (Å²) in [5.41, 5.74) is 1.34. The van der Waals surface area contributed by atoms with E-state index in [2.05, 4.69) is 77.0 Å². The fraction of sp³-hybridized carbons (Fsp3) is 0.591. The standard InChI is InChI=1S/C22H35N7O/c1-5-23-22(24-14-19(28(2)3)13-17-9-7-6-8-10-17)25-18-11-12-21-26-20(16-30-4)27-29(21)15-18/h6-10,18-19H,5,11-16H2,1-4H3,(H2,23,24,25). The van der Waals surface area contributed by atoms with Crippen LogP contribution in [-0.4, -0.2) is 72.0 Å². The quantitative estimate of drug-likeness (QED) is 0.479.